The smallest absolute Gasteiger partial charge is 0.166 e. The molecule has 1 radical (unpaired) electrons. The van der Waals surface area contributed by atoms with Crippen LogP contribution in [0.2, 0.25) is 0 Å². The van der Waals surface area contributed by atoms with Crippen LogP contribution < -0.4 is 0 Å². The molecule has 0 atom stereocenters. The summed E-state index contributed by atoms with van der Waals surface area (Å²) in [5.41, 5.74) is 1.46. The Balaban J connectivity index is 2.57. The van der Waals surface area contributed by atoms with Crippen molar-refractivity contribution >= 4 is 15.9 Å². The van der Waals surface area contributed by atoms with Gasteiger partial charge in [-0.05, 0) is 42.3 Å². The minimum Gasteiger partial charge on any atom is -0.166 e. The van der Waals surface area contributed by atoms with Gasteiger partial charge in [0.15, 0.2) is 0 Å². The third-order valence-electron chi connectivity index (χ3n) is 2.54. The van der Waals surface area contributed by atoms with Gasteiger partial charge in [0.1, 0.15) is 0 Å². The van der Waals surface area contributed by atoms with E-state index in [-0.39, 0.29) is 0 Å². The quantitative estimate of drug-likeness (QED) is 0.675. The molecule has 0 heterocycles. The first kappa shape index (κ1) is 13.1. The van der Waals surface area contributed by atoms with Crippen LogP contribution >= 0.6 is 15.9 Å². The lowest BCUT2D eigenvalue weighted by molar-refractivity contribution is -0.137. The van der Waals surface area contributed by atoms with Gasteiger partial charge in [0, 0.05) is 4.47 Å². The predicted octanol–water partition coefficient (Wildman–Crippen LogP) is 5.24. The number of rotatable bonds is 1. The minimum absolute atomic E-state index is 0.494. The Morgan fingerprint density at radius 2 is 1.83 bits per heavy atom. The highest BCUT2D eigenvalue weighted by Crippen LogP contribution is 2.35. The van der Waals surface area contributed by atoms with Crippen molar-refractivity contribution in [2.45, 2.75) is 13.1 Å². The van der Waals surface area contributed by atoms with E-state index in [0.717, 1.165) is 17.7 Å². The van der Waals surface area contributed by atoms with E-state index in [4.69, 9.17) is 0 Å². The maximum Gasteiger partial charge on any atom is 0.416 e. The van der Waals surface area contributed by atoms with E-state index in [2.05, 4.69) is 22.0 Å². The first-order chi connectivity index (χ1) is 8.38. The van der Waals surface area contributed by atoms with Gasteiger partial charge in [-0.2, -0.15) is 13.2 Å². The van der Waals surface area contributed by atoms with Crippen molar-refractivity contribution in [1.29, 1.82) is 0 Å². The fraction of sp³-hybridized carbons (Fsp3) is 0.143. The van der Waals surface area contributed by atoms with E-state index in [1.54, 1.807) is 12.1 Å². The molecule has 0 aliphatic rings. The van der Waals surface area contributed by atoms with Crippen molar-refractivity contribution in [2.75, 3.05) is 0 Å². The van der Waals surface area contributed by atoms with Crippen LogP contribution in [0, 0.1) is 13.0 Å². The molecular formula is C14H9BrF3. The molecule has 2 rings (SSSR count). The molecule has 0 fully saturated rings. The summed E-state index contributed by atoms with van der Waals surface area (Å²) in [6.07, 6.45) is -4.33. The van der Waals surface area contributed by atoms with E-state index >= 15 is 0 Å². The van der Waals surface area contributed by atoms with Crippen LogP contribution in [-0.2, 0) is 6.18 Å². The second-order valence-electron chi connectivity index (χ2n) is 3.97. The summed E-state index contributed by atoms with van der Waals surface area (Å²) in [6, 6.07) is 11.9. The molecule has 18 heavy (non-hydrogen) atoms. The monoisotopic (exact) mass is 313 g/mol. The molecule has 0 spiro atoms. The molecule has 0 nitrogen and oxygen atoms in total. The number of hydrogen-bond donors (Lipinski definition) is 0. The number of halogens is 4. The lowest BCUT2D eigenvalue weighted by Gasteiger charge is -2.11. The van der Waals surface area contributed by atoms with Crippen molar-refractivity contribution in [3.8, 4) is 11.1 Å². The lowest BCUT2D eigenvalue weighted by atomic mass is 10.0. The maximum atomic E-state index is 12.7. The molecule has 0 aliphatic carbocycles. The average Bonchev–Trinajstić information content (AvgIpc) is 2.28. The molecule has 0 bridgehead atoms. The molecule has 0 aliphatic heterocycles. The second kappa shape index (κ2) is 4.76. The SMILES string of the molecule is Cc1cc[c]c(-c2cc(C(F)(F)F)ccc2Br)c1. The molecule has 0 saturated carbocycles. The summed E-state index contributed by atoms with van der Waals surface area (Å²) in [7, 11) is 0. The Bertz CT molecular complexity index is 573. The highest BCUT2D eigenvalue weighted by molar-refractivity contribution is 9.10. The van der Waals surface area contributed by atoms with Crippen LogP contribution in [-0.4, -0.2) is 0 Å². The Morgan fingerprint density at radius 3 is 2.44 bits per heavy atom. The van der Waals surface area contributed by atoms with Crippen molar-refractivity contribution in [3.63, 3.8) is 0 Å². The topological polar surface area (TPSA) is 0 Å². The van der Waals surface area contributed by atoms with Gasteiger partial charge in [-0.1, -0.05) is 39.7 Å². The van der Waals surface area contributed by atoms with Gasteiger partial charge in [0.2, 0.25) is 0 Å². The Morgan fingerprint density at radius 1 is 1.11 bits per heavy atom. The zero-order valence-corrected chi connectivity index (χ0v) is 11.1. The van der Waals surface area contributed by atoms with Gasteiger partial charge < -0.3 is 0 Å². The zero-order chi connectivity index (χ0) is 13.3. The molecule has 93 valence electrons. The fourth-order valence-electron chi connectivity index (χ4n) is 1.64. The van der Waals surface area contributed by atoms with Crippen molar-refractivity contribution in [3.05, 3.63) is 58.1 Å². The Hall–Kier alpha value is -1.29. The summed E-state index contributed by atoms with van der Waals surface area (Å²) in [6.45, 7) is 1.89. The second-order valence-corrected chi connectivity index (χ2v) is 4.83. The normalized spacial score (nSPS) is 11.6. The van der Waals surface area contributed by atoms with Gasteiger partial charge in [0.05, 0.1) is 5.56 Å². The first-order valence-corrected chi connectivity index (χ1v) is 6.02. The van der Waals surface area contributed by atoms with Gasteiger partial charge >= 0.3 is 6.18 Å². The van der Waals surface area contributed by atoms with Crippen LogP contribution in [0.15, 0.2) is 40.9 Å². The van der Waals surface area contributed by atoms with Crippen LogP contribution in [0.3, 0.4) is 0 Å². The highest BCUT2D eigenvalue weighted by atomic mass is 79.9. The molecule has 0 amide bonds. The highest BCUT2D eigenvalue weighted by Gasteiger charge is 2.30. The molecule has 0 unspecified atom stereocenters. The molecule has 0 saturated heterocycles. The van der Waals surface area contributed by atoms with Crippen LogP contribution in [0.1, 0.15) is 11.1 Å². The van der Waals surface area contributed by atoms with E-state index < -0.39 is 11.7 Å². The molecule has 0 N–H and O–H groups in total. The summed E-state index contributed by atoms with van der Waals surface area (Å²) in [5.74, 6) is 0. The Labute approximate surface area is 112 Å². The largest absolute Gasteiger partial charge is 0.416 e. The summed E-state index contributed by atoms with van der Waals surface area (Å²) < 4.78 is 38.6. The minimum atomic E-state index is -4.33. The zero-order valence-electron chi connectivity index (χ0n) is 9.48. The molecular weight excluding hydrogens is 305 g/mol. The van der Waals surface area contributed by atoms with Gasteiger partial charge in [-0.25, -0.2) is 0 Å². The number of hydrogen-bond acceptors (Lipinski definition) is 0. The van der Waals surface area contributed by atoms with Crippen LogP contribution in [0.4, 0.5) is 13.2 Å². The van der Waals surface area contributed by atoms with Crippen molar-refractivity contribution in [2.24, 2.45) is 0 Å². The third kappa shape index (κ3) is 2.75. The van der Waals surface area contributed by atoms with E-state index in [0.29, 0.717) is 15.6 Å². The third-order valence-corrected chi connectivity index (χ3v) is 3.23. The summed E-state index contributed by atoms with van der Waals surface area (Å²) in [5, 5.41) is 0. The summed E-state index contributed by atoms with van der Waals surface area (Å²) >= 11 is 3.27. The maximum absolute atomic E-state index is 12.7. The number of alkyl halides is 3. The first-order valence-electron chi connectivity index (χ1n) is 5.23. The van der Waals surface area contributed by atoms with E-state index in [1.165, 1.54) is 6.07 Å². The molecule has 2 aromatic rings. The van der Waals surface area contributed by atoms with Gasteiger partial charge in [-0.15, -0.1) is 0 Å². The number of aryl methyl sites for hydroxylation is 1. The Kier molecular flexibility index (Phi) is 3.48. The molecule has 2 aromatic carbocycles. The number of benzene rings is 2. The summed E-state index contributed by atoms with van der Waals surface area (Å²) in [4.78, 5) is 0. The van der Waals surface area contributed by atoms with Gasteiger partial charge in [-0.3, -0.25) is 0 Å². The van der Waals surface area contributed by atoms with Crippen LogP contribution in [0.25, 0.3) is 11.1 Å². The standard InChI is InChI=1S/C14H9BrF3/c1-9-3-2-4-10(7-9)12-8-11(14(16,17)18)5-6-13(12)15/h2-3,5-8H,1H3. The fourth-order valence-corrected chi connectivity index (χ4v) is 2.10. The van der Waals surface area contributed by atoms with Crippen molar-refractivity contribution in [1.82, 2.24) is 0 Å². The molecule has 0 aromatic heterocycles. The van der Waals surface area contributed by atoms with Gasteiger partial charge in [0.25, 0.3) is 0 Å². The predicted molar refractivity (Wildman–Crippen MR) is 68.2 cm³/mol. The van der Waals surface area contributed by atoms with Crippen molar-refractivity contribution < 1.29 is 13.2 Å². The molecule has 4 heteroatoms. The van der Waals surface area contributed by atoms with Crippen LogP contribution in [0.5, 0.6) is 0 Å². The van der Waals surface area contributed by atoms with E-state index in [1.807, 2.05) is 13.0 Å². The average molecular weight is 314 g/mol. The lowest BCUT2D eigenvalue weighted by Crippen LogP contribution is -2.04. The van der Waals surface area contributed by atoms with E-state index in [9.17, 15) is 13.2 Å².